The summed E-state index contributed by atoms with van der Waals surface area (Å²) < 4.78 is 0. The molecule has 0 saturated carbocycles. The molecule has 0 bridgehead atoms. The van der Waals surface area contributed by atoms with Crippen LogP contribution in [0.2, 0.25) is 0 Å². The molecule has 2 heteroatoms. The van der Waals surface area contributed by atoms with Crippen molar-refractivity contribution in [2.75, 3.05) is 0 Å². The summed E-state index contributed by atoms with van der Waals surface area (Å²) in [6.45, 7) is 8.04. The van der Waals surface area contributed by atoms with Gasteiger partial charge in [-0.1, -0.05) is 20.3 Å². The quantitative estimate of drug-likeness (QED) is 0.664. The lowest BCUT2D eigenvalue weighted by Gasteiger charge is -2.13. The second-order valence-electron chi connectivity index (χ2n) is 3.35. The lowest BCUT2D eigenvalue weighted by atomic mass is 10.1. The minimum atomic E-state index is 0.169. The number of carbonyl (C=O) groups is 1. The van der Waals surface area contributed by atoms with E-state index in [-0.39, 0.29) is 17.9 Å². The Labute approximate surface area is 69.4 Å². The van der Waals surface area contributed by atoms with Gasteiger partial charge in [-0.15, -0.1) is 0 Å². The molecule has 0 aromatic rings. The summed E-state index contributed by atoms with van der Waals surface area (Å²) in [7, 11) is 0. The molecular weight excluding hydrogens is 138 g/mol. The van der Waals surface area contributed by atoms with Crippen molar-refractivity contribution in [1.82, 2.24) is 5.32 Å². The monoisotopic (exact) mass is 157 g/mol. The van der Waals surface area contributed by atoms with Crippen LogP contribution in [0.15, 0.2) is 0 Å². The SMILES string of the molecule is CCCC(C)C(=O)NC(C)C. The normalized spacial score (nSPS) is 13.2. The van der Waals surface area contributed by atoms with Crippen LogP contribution in [0.3, 0.4) is 0 Å². The van der Waals surface area contributed by atoms with E-state index in [1.807, 2.05) is 20.8 Å². The first-order valence-corrected chi connectivity index (χ1v) is 4.38. The van der Waals surface area contributed by atoms with Gasteiger partial charge < -0.3 is 5.32 Å². The third kappa shape index (κ3) is 4.82. The third-order valence-electron chi connectivity index (χ3n) is 1.60. The molecule has 0 aromatic carbocycles. The number of rotatable bonds is 4. The molecule has 2 nitrogen and oxygen atoms in total. The molecule has 11 heavy (non-hydrogen) atoms. The van der Waals surface area contributed by atoms with Gasteiger partial charge in [0.1, 0.15) is 0 Å². The average molecular weight is 157 g/mol. The van der Waals surface area contributed by atoms with Gasteiger partial charge in [-0.3, -0.25) is 4.79 Å². The zero-order chi connectivity index (χ0) is 8.85. The molecule has 0 fully saturated rings. The molecular formula is C9H19NO. The van der Waals surface area contributed by atoms with Crippen molar-refractivity contribution in [1.29, 1.82) is 0 Å². The predicted molar refractivity (Wildman–Crippen MR) is 47.4 cm³/mol. The van der Waals surface area contributed by atoms with Gasteiger partial charge >= 0.3 is 0 Å². The van der Waals surface area contributed by atoms with Crippen molar-refractivity contribution in [3.05, 3.63) is 0 Å². The third-order valence-corrected chi connectivity index (χ3v) is 1.60. The highest BCUT2D eigenvalue weighted by molar-refractivity contribution is 5.78. The number of amides is 1. The minimum Gasteiger partial charge on any atom is -0.354 e. The Morgan fingerprint density at radius 3 is 2.27 bits per heavy atom. The Hall–Kier alpha value is -0.530. The van der Waals surface area contributed by atoms with Gasteiger partial charge in [0.05, 0.1) is 0 Å². The second-order valence-corrected chi connectivity index (χ2v) is 3.35. The van der Waals surface area contributed by atoms with Gasteiger partial charge in [-0.2, -0.15) is 0 Å². The Morgan fingerprint density at radius 2 is 1.91 bits per heavy atom. The highest BCUT2D eigenvalue weighted by Crippen LogP contribution is 2.04. The molecule has 0 saturated heterocycles. The number of hydrogen-bond acceptors (Lipinski definition) is 1. The summed E-state index contributed by atoms with van der Waals surface area (Å²) in [6.07, 6.45) is 2.06. The summed E-state index contributed by atoms with van der Waals surface area (Å²) >= 11 is 0. The maximum Gasteiger partial charge on any atom is 0.223 e. The Kier molecular flexibility index (Phi) is 4.92. The van der Waals surface area contributed by atoms with E-state index >= 15 is 0 Å². The first-order valence-electron chi connectivity index (χ1n) is 4.38. The molecule has 0 spiro atoms. The molecule has 0 aliphatic carbocycles. The summed E-state index contributed by atoms with van der Waals surface area (Å²) in [4.78, 5) is 11.2. The lowest BCUT2D eigenvalue weighted by molar-refractivity contribution is -0.125. The van der Waals surface area contributed by atoms with E-state index in [0.29, 0.717) is 0 Å². The van der Waals surface area contributed by atoms with Crippen LogP contribution in [-0.4, -0.2) is 11.9 Å². The fraction of sp³-hybridized carbons (Fsp3) is 0.889. The second kappa shape index (κ2) is 5.16. The van der Waals surface area contributed by atoms with E-state index < -0.39 is 0 Å². The largest absolute Gasteiger partial charge is 0.354 e. The van der Waals surface area contributed by atoms with Crippen molar-refractivity contribution in [2.24, 2.45) is 5.92 Å². The molecule has 1 atom stereocenters. The van der Waals surface area contributed by atoms with Gasteiger partial charge in [-0.05, 0) is 20.3 Å². The van der Waals surface area contributed by atoms with Crippen LogP contribution in [-0.2, 0) is 4.79 Å². The number of carbonyl (C=O) groups excluding carboxylic acids is 1. The van der Waals surface area contributed by atoms with E-state index in [1.165, 1.54) is 0 Å². The summed E-state index contributed by atoms with van der Waals surface area (Å²) in [5, 5.41) is 2.89. The molecule has 0 aliphatic heterocycles. The van der Waals surface area contributed by atoms with Crippen LogP contribution in [0.25, 0.3) is 0 Å². The fourth-order valence-electron chi connectivity index (χ4n) is 0.991. The Balaban J connectivity index is 3.64. The molecule has 0 radical (unpaired) electrons. The van der Waals surface area contributed by atoms with Crippen LogP contribution in [0, 0.1) is 5.92 Å². The summed E-state index contributed by atoms with van der Waals surface area (Å²) in [5.41, 5.74) is 0. The highest BCUT2D eigenvalue weighted by Gasteiger charge is 2.11. The van der Waals surface area contributed by atoms with E-state index in [4.69, 9.17) is 0 Å². The standard InChI is InChI=1S/C9H19NO/c1-5-6-8(4)9(11)10-7(2)3/h7-8H,5-6H2,1-4H3,(H,10,11). The molecule has 0 heterocycles. The molecule has 0 aliphatic rings. The predicted octanol–water partition coefficient (Wildman–Crippen LogP) is 1.95. The van der Waals surface area contributed by atoms with E-state index in [2.05, 4.69) is 12.2 Å². The molecule has 66 valence electrons. The molecule has 1 N–H and O–H groups in total. The average Bonchev–Trinajstić information content (AvgIpc) is 1.86. The molecule has 1 amide bonds. The fourth-order valence-corrected chi connectivity index (χ4v) is 0.991. The van der Waals surface area contributed by atoms with Gasteiger partial charge in [0, 0.05) is 12.0 Å². The molecule has 1 unspecified atom stereocenters. The first kappa shape index (κ1) is 10.5. The van der Waals surface area contributed by atoms with Gasteiger partial charge in [0.15, 0.2) is 0 Å². The number of nitrogens with one attached hydrogen (secondary N) is 1. The summed E-state index contributed by atoms with van der Waals surface area (Å²) in [5.74, 6) is 0.351. The zero-order valence-electron chi connectivity index (χ0n) is 7.98. The van der Waals surface area contributed by atoms with E-state index in [1.54, 1.807) is 0 Å². The minimum absolute atomic E-state index is 0.169. The smallest absolute Gasteiger partial charge is 0.223 e. The van der Waals surface area contributed by atoms with Crippen molar-refractivity contribution in [2.45, 2.75) is 46.6 Å². The highest BCUT2D eigenvalue weighted by atomic mass is 16.1. The van der Waals surface area contributed by atoms with Gasteiger partial charge in [0.2, 0.25) is 5.91 Å². The van der Waals surface area contributed by atoms with Crippen molar-refractivity contribution in [3.8, 4) is 0 Å². The Bertz CT molecular complexity index is 121. The van der Waals surface area contributed by atoms with Crippen molar-refractivity contribution in [3.63, 3.8) is 0 Å². The van der Waals surface area contributed by atoms with Gasteiger partial charge in [-0.25, -0.2) is 0 Å². The number of hydrogen-bond donors (Lipinski definition) is 1. The Morgan fingerprint density at radius 1 is 1.36 bits per heavy atom. The summed E-state index contributed by atoms with van der Waals surface area (Å²) in [6, 6.07) is 0.266. The maximum atomic E-state index is 11.2. The van der Waals surface area contributed by atoms with Gasteiger partial charge in [0.25, 0.3) is 0 Å². The van der Waals surface area contributed by atoms with Crippen LogP contribution in [0.4, 0.5) is 0 Å². The van der Waals surface area contributed by atoms with Crippen molar-refractivity contribution < 1.29 is 4.79 Å². The zero-order valence-corrected chi connectivity index (χ0v) is 7.98. The lowest BCUT2D eigenvalue weighted by Crippen LogP contribution is -2.34. The molecule has 0 aromatic heterocycles. The maximum absolute atomic E-state index is 11.2. The van der Waals surface area contributed by atoms with Crippen LogP contribution >= 0.6 is 0 Å². The van der Waals surface area contributed by atoms with E-state index in [9.17, 15) is 4.79 Å². The van der Waals surface area contributed by atoms with Crippen LogP contribution in [0.5, 0.6) is 0 Å². The van der Waals surface area contributed by atoms with Crippen molar-refractivity contribution >= 4 is 5.91 Å². The van der Waals surface area contributed by atoms with Crippen LogP contribution < -0.4 is 5.32 Å². The first-order chi connectivity index (χ1) is 5.07. The van der Waals surface area contributed by atoms with E-state index in [0.717, 1.165) is 12.8 Å². The van der Waals surface area contributed by atoms with Crippen LogP contribution in [0.1, 0.15) is 40.5 Å². The topological polar surface area (TPSA) is 29.1 Å². The molecule has 0 rings (SSSR count).